The van der Waals surface area contributed by atoms with Crippen LogP contribution in [0.1, 0.15) is 39.5 Å². The Balaban J connectivity index is -0.000000126. The zero-order valence-corrected chi connectivity index (χ0v) is 12.0. The topological polar surface area (TPSA) is 0 Å². The summed E-state index contributed by atoms with van der Waals surface area (Å²) in [6.45, 7) is 12.8. The van der Waals surface area contributed by atoms with E-state index in [-0.39, 0.29) is 46.5 Å². The molecule has 0 unspecified atom stereocenters. The first-order chi connectivity index (χ1) is 5.18. The normalized spacial score (nSPS) is 8.50. The van der Waals surface area contributed by atoms with Crippen molar-refractivity contribution in [2.75, 3.05) is 0 Å². The van der Waals surface area contributed by atoms with E-state index in [4.69, 9.17) is 0 Å². The second kappa shape index (κ2) is 18.3. The Hall–Kier alpha value is 1.48. The smallest absolute Gasteiger partial charge is 0.0410 e. The maximum Gasteiger partial charge on any atom is 0.0410 e. The van der Waals surface area contributed by atoms with Gasteiger partial charge in [0.25, 0.3) is 0 Å². The largest absolute Gasteiger partial charge is 0.343 e. The third kappa shape index (κ3) is 30.0. The van der Waals surface area contributed by atoms with Crippen molar-refractivity contribution in [2.45, 2.75) is 58.7 Å². The second-order valence-corrected chi connectivity index (χ2v) is 6.24. The molecule has 0 atom stereocenters. The van der Waals surface area contributed by atoms with Crippen molar-refractivity contribution >= 4 is 8.80 Å². The minimum atomic E-state index is 0. The van der Waals surface area contributed by atoms with Gasteiger partial charge in [0, 0.05) is 46.5 Å². The van der Waals surface area contributed by atoms with Crippen molar-refractivity contribution in [1.29, 1.82) is 0 Å². The van der Waals surface area contributed by atoms with Gasteiger partial charge >= 0.3 is 0 Å². The van der Waals surface area contributed by atoms with E-state index in [1.54, 1.807) is 0 Å². The van der Waals surface area contributed by atoms with E-state index in [1.807, 2.05) is 0 Å². The van der Waals surface area contributed by atoms with Gasteiger partial charge < -0.3 is 6.92 Å². The third-order valence-electron chi connectivity index (χ3n) is 1.56. The van der Waals surface area contributed by atoms with Crippen molar-refractivity contribution in [2.24, 2.45) is 0 Å². The molecule has 0 aromatic carbocycles. The van der Waals surface area contributed by atoms with E-state index < -0.39 is 0 Å². The average molecular weight is 337 g/mol. The molecular weight excluding hydrogens is 313 g/mol. The summed E-state index contributed by atoms with van der Waals surface area (Å²) in [6, 6.07) is 1.41. The minimum Gasteiger partial charge on any atom is -0.343 e. The van der Waals surface area contributed by atoms with Gasteiger partial charge in [0.15, 0.2) is 0 Å². The molecular formula is C10H24HoSi-. The summed E-state index contributed by atoms with van der Waals surface area (Å²) in [5.41, 5.74) is 0. The van der Waals surface area contributed by atoms with Crippen molar-refractivity contribution in [1.82, 2.24) is 0 Å². The molecule has 0 aromatic heterocycles. The fraction of sp³-hybridized carbons (Fsp3) is 0.900. The van der Waals surface area contributed by atoms with Crippen molar-refractivity contribution in [3.63, 3.8) is 0 Å². The first kappa shape index (κ1) is 19.1. The van der Waals surface area contributed by atoms with E-state index in [2.05, 4.69) is 33.9 Å². The molecule has 2 heteroatoms. The third-order valence-corrected chi connectivity index (χ3v) is 2.97. The Bertz CT molecular complexity index is 51.8. The maximum absolute atomic E-state index is 3.72. The van der Waals surface area contributed by atoms with Gasteiger partial charge in [-0.05, 0) is 0 Å². The molecule has 12 heavy (non-hydrogen) atoms. The molecule has 80 valence electrons. The van der Waals surface area contributed by atoms with Gasteiger partial charge in [-0.15, -0.1) is 0 Å². The van der Waals surface area contributed by atoms with Gasteiger partial charge in [0.2, 0.25) is 0 Å². The van der Waals surface area contributed by atoms with Gasteiger partial charge in [-0.25, -0.2) is 0 Å². The molecule has 0 nitrogen and oxygen atoms in total. The first-order valence-electron chi connectivity index (χ1n) is 4.77. The molecule has 0 amide bonds. The van der Waals surface area contributed by atoms with E-state index in [0.717, 1.165) is 6.42 Å². The van der Waals surface area contributed by atoms with Gasteiger partial charge in [-0.2, -0.15) is 6.42 Å². The fourth-order valence-electron chi connectivity index (χ4n) is 0.427. The predicted molar refractivity (Wildman–Crippen MR) is 57.5 cm³/mol. The van der Waals surface area contributed by atoms with Crippen LogP contribution in [0.2, 0.25) is 19.1 Å². The summed E-state index contributed by atoms with van der Waals surface area (Å²) >= 11 is 0. The van der Waals surface area contributed by atoms with Gasteiger partial charge in [-0.1, -0.05) is 52.2 Å². The first-order valence-corrected chi connectivity index (χ1v) is 7.47. The monoisotopic (exact) mass is 337 g/mol. The van der Waals surface area contributed by atoms with Crippen LogP contribution in [0.15, 0.2) is 0 Å². The van der Waals surface area contributed by atoms with E-state index in [1.165, 1.54) is 25.3 Å². The van der Waals surface area contributed by atoms with E-state index in [0.29, 0.717) is 0 Å². The molecule has 0 saturated heterocycles. The van der Waals surface area contributed by atoms with Crippen LogP contribution >= 0.6 is 0 Å². The Labute approximate surface area is 111 Å². The molecule has 2 radical (unpaired) electrons. The fourth-order valence-corrected chi connectivity index (χ4v) is 0.427. The molecule has 0 saturated carbocycles. The molecule has 0 fully saturated rings. The molecule has 0 heterocycles. The van der Waals surface area contributed by atoms with Gasteiger partial charge in [0.1, 0.15) is 0 Å². The molecule has 0 aromatic rings. The van der Waals surface area contributed by atoms with Crippen molar-refractivity contribution < 1.29 is 37.7 Å². The molecule has 0 aliphatic carbocycles. The SMILES string of the molecule is CC[Si](C)C.[CH2-]CCCCC.[Ho]. The molecule has 0 spiro atoms. The zero-order valence-electron chi connectivity index (χ0n) is 9.04. The Morgan fingerprint density at radius 2 is 1.50 bits per heavy atom. The number of hydrogen-bond donors (Lipinski definition) is 0. The zero-order chi connectivity index (χ0) is 9.11. The summed E-state index contributed by atoms with van der Waals surface area (Å²) in [6.07, 6.45) is 5.07. The minimum absolute atomic E-state index is 0. The van der Waals surface area contributed by atoms with Crippen LogP contribution in [0.25, 0.3) is 0 Å². The van der Waals surface area contributed by atoms with Crippen LogP contribution in [-0.4, -0.2) is 8.80 Å². The van der Waals surface area contributed by atoms with Gasteiger partial charge in [-0.3, -0.25) is 0 Å². The number of rotatable bonds is 4. The summed E-state index contributed by atoms with van der Waals surface area (Å²) in [4.78, 5) is 0. The summed E-state index contributed by atoms with van der Waals surface area (Å²) in [5, 5.41) is 0. The second-order valence-electron chi connectivity index (χ2n) is 3.12. The summed E-state index contributed by atoms with van der Waals surface area (Å²) in [5.74, 6) is 0. The van der Waals surface area contributed by atoms with Crippen LogP contribution in [0.3, 0.4) is 0 Å². The summed E-state index contributed by atoms with van der Waals surface area (Å²) in [7, 11) is 0.126. The number of unbranched alkanes of at least 4 members (excludes halogenated alkanes) is 3. The van der Waals surface area contributed by atoms with Crippen LogP contribution in [0, 0.1) is 44.7 Å². The predicted octanol–water partition coefficient (Wildman–Crippen LogP) is 4.16. The van der Waals surface area contributed by atoms with E-state index >= 15 is 0 Å². The molecule has 0 N–H and O–H groups in total. The Kier molecular flexibility index (Phi) is 29.1. The van der Waals surface area contributed by atoms with Crippen LogP contribution < -0.4 is 0 Å². The molecule has 0 aliphatic rings. The van der Waals surface area contributed by atoms with E-state index in [9.17, 15) is 0 Å². The molecule has 0 bridgehead atoms. The van der Waals surface area contributed by atoms with Crippen LogP contribution in [0.4, 0.5) is 0 Å². The molecule has 0 aliphatic heterocycles. The number of hydrogen-bond acceptors (Lipinski definition) is 0. The van der Waals surface area contributed by atoms with Crippen LogP contribution in [0.5, 0.6) is 0 Å². The van der Waals surface area contributed by atoms with Gasteiger partial charge in [0.05, 0.1) is 0 Å². The summed E-state index contributed by atoms with van der Waals surface area (Å²) < 4.78 is 0. The quantitative estimate of drug-likeness (QED) is 0.410. The van der Waals surface area contributed by atoms with Crippen LogP contribution in [-0.2, 0) is 0 Å². The van der Waals surface area contributed by atoms with Crippen molar-refractivity contribution in [3.05, 3.63) is 6.92 Å². The average Bonchev–Trinajstić information content (AvgIpc) is 2.02. The van der Waals surface area contributed by atoms with Crippen molar-refractivity contribution in [3.8, 4) is 0 Å². The standard InChI is InChI=1S/C6H13.C4H11Si.Ho/c1-3-5-6-4-2;1-4-5(2)3;/h1,3-6H2,2H3;4H2,1-3H3;/q-1;;. The Morgan fingerprint density at radius 1 is 1.08 bits per heavy atom. The molecule has 0 rings (SSSR count). The Morgan fingerprint density at radius 3 is 1.58 bits per heavy atom. The maximum atomic E-state index is 3.72.